The van der Waals surface area contributed by atoms with E-state index < -0.39 is 11.6 Å². The maximum atomic E-state index is 14.8. The number of thioether (sulfide) groups is 1. The van der Waals surface area contributed by atoms with E-state index in [1.807, 2.05) is 23.6 Å². The van der Waals surface area contributed by atoms with E-state index in [2.05, 4.69) is 4.98 Å². The first-order valence-corrected chi connectivity index (χ1v) is 12.4. The molecule has 10 heteroatoms. The van der Waals surface area contributed by atoms with Crippen molar-refractivity contribution < 1.29 is 13.6 Å². The summed E-state index contributed by atoms with van der Waals surface area (Å²) in [4.78, 5) is 34.1. The van der Waals surface area contributed by atoms with Crippen LogP contribution in [0.25, 0.3) is 22.0 Å². The minimum atomic E-state index is -0.713. The first-order chi connectivity index (χ1) is 16.2. The summed E-state index contributed by atoms with van der Waals surface area (Å²) in [5.74, 6) is -0.263. The van der Waals surface area contributed by atoms with Crippen LogP contribution in [0.3, 0.4) is 0 Å². The molecule has 5 rings (SSSR count). The molecule has 1 amide bonds. The third-order valence-corrected chi connectivity index (χ3v) is 7.87. The molecule has 0 N–H and O–H groups in total. The van der Waals surface area contributed by atoms with Gasteiger partial charge in [-0.05, 0) is 32.0 Å². The van der Waals surface area contributed by atoms with Crippen molar-refractivity contribution in [3.63, 3.8) is 0 Å². The summed E-state index contributed by atoms with van der Waals surface area (Å²) >= 11 is 8.22. The Morgan fingerprint density at radius 1 is 1.18 bits per heavy atom. The van der Waals surface area contributed by atoms with Gasteiger partial charge in [-0.1, -0.05) is 11.6 Å². The lowest BCUT2D eigenvalue weighted by Crippen LogP contribution is -2.58. The maximum absolute atomic E-state index is 14.8. The smallest absolute Gasteiger partial charge is 0.350 e. The molecule has 0 unspecified atom stereocenters. The van der Waals surface area contributed by atoms with E-state index in [4.69, 9.17) is 11.6 Å². The lowest BCUT2D eigenvalue weighted by Gasteiger charge is -2.44. The standard InChI is InChI=1S/C24H23ClF2N4O2S/c1-12-10-29(11-13(2)31(12)14(3)32)23-17-9-18(25)20(16-5-4-15(26)8-19(16)27)22-21(17)30(6-7-34-22)24(33)28-23/h4-5,8-9,12-13H,6-7,10-11H2,1-3H3/t12-,13-/m0/s1. The van der Waals surface area contributed by atoms with Crippen molar-refractivity contribution in [2.75, 3.05) is 23.7 Å². The lowest BCUT2D eigenvalue weighted by molar-refractivity contribution is -0.133. The average molecular weight is 505 g/mol. The number of piperazine rings is 1. The zero-order valence-electron chi connectivity index (χ0n) is 18.9. The van der Waals surface area contributed by atoms with Gasteiger partial charge in [0.25, 0.3) is 0 Å². The van der Waals surface area contributed by atoms with Gasteiger partial charge in [0.2, 0.25) is 5.91 Å². The summed E-state index contributed by atoms with van der Waals surface area (Å²) in [6.07, 6.45) is 0. The van der Waals surface area contributed by atoms with Crippen molar-refractivity contribution in [2.24, 2.45) is 0 Å². The largest absolute Gasteiger partial charge is 0.352 e. The normalized spacial score (nSPS) is 20.2. The molecule has 6 nitrogen and oxygen atoms in total. The van der Waals surface area contributed by atoms with Crippen LogP contribution >= 0.6 is 23.4 Å². The van der Waals surface area contributed by atoms with Gasteiger partial charge in [0.15, 0.2) is 0 Å². The molecule has 2 aromatic carbocycles. The number of amides is 1. The Balaban J connectivity index is 1.73. The van der Waals surface area contributed by atoms with Crippen molar-refractivity contribution in [3.8, 4) is 11.1 Å². The average Bonchev–Trinajstić information content (AvgIpc) is 2.76. The SMILES string of the molecule is CC(=O)N1[C@@H](C)CN(c2nc(=O)n3c4c(c(-c5ccc(F)cc5F)c(Cl)cc24)SCC3)C[C@@H]1C. The minimum absolute atomic E-state index is 0.00925. The van der Waals surface area contributed by atoms with E-state index in [-0.39, 0.29) is 29.2 Å². The van der Waals surface area contributed by atoms with Gasteiger partial charge in [-0.25, -0.2) is 13.6 Å². The van der Waals surface area contributed by atoms with E-state index in [9.17, 15) is 18.4 Å². The third kappa shape index (κ3) is 3.65. The van der Waals surface area contributed by atoms with Crippen molar-refractivity contribution in [2.45, 2.75) is 44.3 Å². The van der Waals surface area contributed by atoms with Crippen molar-refractivity contribution >= 4 is 46.0 Å². The van der Waals surface area contributed by atoms with E-state index in [1.165, 1.54) is 23.9 Å². The van der Waals surface area contributed by atoms with Gasteiger partial charge >= 0.3 is 5.69 Å². The number of rotatable bonds is 2. The number of hydrogen-bond acceptors (Lipinski definition) is 5. The summed E-state index contributed by atoms with van der Waals surface area (Å²) in [5, 5.41) is 1.01. The Kier molecular flexibility index (Phi) is 5.80. The fourth-order valence-corrected chi connectivity index (χ4v) is 6.81. The molecule has 34 heavy (non-hydrogen) atoms. The predicted molar refractivity (Wildman–Crippen MR) is 131 cm³/mol. The molecule has 178 valence electrons. The maximum Gasteiger partial charge on any atom is 0.350 e. The summed E-state index contributed by atoms with van der Waals surface area (Å²) in [6.45, 7) is 7.01. The molecule has 1 fully saturated rings. The monoisotopic (exact) mass is 504 g/mol. The van der Waals surface area contributed by atoms with Gasteiger partial charge in [0, 0.05) is 71.9 Å². The molecule has 0 spiro atoms. The highest BCUT2D eigenvalue weighted by Crippen LogP contribution is 2.46. The van der Waals surface area contributed by atoms with Crippen LogP contribution in [0.2, 0.25) is 5.02 Å². The molecular formula is C24H23ClF2N4O2S. The van der Waals surface area contributed by atoms with Gasteiger partial charge in [0.05, 0.1) is 10.5 Å². The first kappa shape index (κ1) is 23.1. The van der Waals surface area contributed by atoms with Crippen LogP contribution in [0.5, 0.6) is 0 Å². The van der Waals surface area contributed by atoms with Crippen molar-refractivity contribution in [3.05, 3.63) is 51.4 Å². The number of halogens is 3. The number of carbonyl (C=O) groups is 1. The van der Waals surface area contributed by atoms with Gasteiger partial charge in [-0.3, -0.25) is 9.36 Å². The lowest BCUT2D eigenvalue weighted by atomic mass is 10.0. The van der Waals surface area contributed by atoms with Gasteiger partial charge in [-0.2, -0.15) is 4.98 Å². The molecule has 2 aliphatic rings. The van der Waals surface area contributed by atoms with E-state index in [0.29, 0.717) is 57.6 Å². The summed E-state index contributed by atoms with van der Waals surface area (Å²) < 4.78 is 29.9. The topological polar surface area (TPSA) is 58.4 Å². The highest BCUT2D eigenvalue weighted by molar-refractivity contribution is 7.99. The minimum Gasteiger partial charge on any atom is -0.352 e. The molecular weight excluding hydrogens is 482 g/mol. The van der Waals surface area contributed by atoms with Crippen LogP contribution in [0.15, 0.2) is 34.0 Å². The van der Waals surface area contributed by atoms with Crippen molar-refractivity contribution in [1.29, 1.82) is 0 Å². The zero-order chi connectivity index (χ0) is 24.3. The summed E-state index contributed by atoms with van der Waals surface area (Å²) in [5.41, 5.74) is 0.909. The second-order valence-electron chi connectivity index (χ2n) is 8.83. The molecule has 2 atom stereocenters. The van der Waals surface area contributed by atoms with Crippen LogP contribution < -0.4 is 10.6 Å². The fraction of sp³-hybridized carbons (Fsp3) is 0.375. The molecule has 1 saturated heterocycles. The molecule has 2 aliphatic heterocycles. The quantitative estimate of drug-likeness (QED) is 0.512. The first-order valence-electron chi connectivity index (χ1n) is 11.1. The number of aromatic nitrogens is 2. The predicted octanol–water partition coefficient (Wildman–Crippen LogP) is 4.55. The van der Waals surface area contributed by atoms with Gasteiger partial charge < -0.3 is 9.80 Å². The number of nitrogens with zero attached hydrogens (tertiary/aromatic N) is 4. The Labute approximate surface area is 204 Å². The molecule has 3 heterocycles. The number of anilines is 1. The second-order valence-corrected chi connectivity index (χ2v) is 10.3. The van der Waals surface area contributed by atoms with Crippen molar-refractivity contribution in [1.82, 2.24) is 14.5 Å². The fourth-order valence-electron chi connectivity index (χ4n) is 5.25. The molecule has 3 aromatic rings. The Hall–Kier alpha value is -2.65. The van der Waals surface area contributed by atoms with Crippen LogP contribution in [0, 0.1) is 11.6 Å². The molecule has 0 saturated carbocycles. The van der Waals surface area contributed by atoms with Crippen LogP contribution in [-0.4, -0.2) is 51.3 Å². The number of hydrogen-bond donors (Lipinski definition) is 0. The summed E-state index contributed by atoms with van der Waals surface area (Å²) in [7, 11) is 0. The second kappa shape index (κ2) is 8.53. The van der Waals surface area contributed by atoms with Crippen LogP contribution in [0.1, 0.15) is 20.8 Å². The van der Waals surface area contributed by atoms with Gasteiger partial charge in [0.1, 0.15) is 17.5 Å². The molecule has 0 bridgehead atoms. The Morgan fingerprint density at radius 2 is 1.88 bits per heavy atom. The van der Waals surface area contributed by atoms with E-state index in [1.54, 1.807) is 17.6 Å². The molecule has 0 aliphatic carbocycles. The molecule has 0 radical (unpaired) electrons. The highest BCUT2D eigenvalue weighted by Gasteiger charge is 2.34. The number of benzene rings is 2. The third-order valence-electron chi connectivity index (χ3n) is 6.49. The van der Waals surface area contributed by atoms with Crippen LogP contribution in [-0.2, 0) is 11.3 Å². The Morgan fingerprint density at radius 3 is 2.53 bits per heavy atom. The van der Waals surface area contributed by atoms with Gasteiger partial charge in [-0.15, -0.1) is 11.8 Å². The molecule has 1 aromatic heterocycles. The highest BCUT2D eigenvalue weighted by atomic mass is 35.5. The number of aryl methyl sites for hydroxylation is 1. The zero-order valence-corrected chi connectivity index (χ0v) is 20.5. The van der Waals surface area contributed by atoms with E-state index >= 15 is 0 Å². The van der Waals surface area contributed by atoms with E-state index in [0.717, 1.165) is 6.07 Å². The summed E-state index contributed by atoms with van der Waals surface area (Å²) in [6, 6.07) is 4.99. The Bertz CT molecular complexity index is 1380. The van der Waals surface area contributed by atoms with Crippen LogP contribution in [0.4, 0.5) is 14.6 Å². The number of carbonyl (C=O) groups excluding carboxylic acids is 1.